The molecule has 1 N–H and O–H groups in total. The first-order chi connectivity index (χ1) is 9.61. The fourth-order valence-corrected chi connectivity index (χ4v) is 2.33. The number of para-hydroxylation sites is 1. The van der Waals surface area contributed by atoms with Gasteiger partial charge in [-0.3, -0.25) is 9.48 Å². The molecule has 0 aliphatic rings. The van der Waals surface area contributed by atoms with Crippen molar-refractivity contribution in [2.45, 2.75) is 6.92 Å². The molecule has 0 aliphatic heterocycles. The second-order valence-electron chi connectivity index (χ2n) is 4.33. The zero-order valence-electron chi connectivity index (χ0n) is 10.9. The Bertz CT molecular complexity index is 869. The van der Waals surface area contributed by atoms with Crippen molar-refractivity contribution < 1.29 is 0 Å². The van der Waals surface area contributed by atoms with E-state index >= 15 is 0 Å². The van der Waals surface area contributed by atoms with Crippen LogP contribution in [0.15, 0.2) is 35.1 Å². The van der Waals surface area contributed by atoms with Gasteiger partial charge in [-0.1, -0.05) is 28.5 Å². The van der Waals surface area contributed by atoms with Crippen molar-refractivity contribution in [3.05, 3.63) is 51.2 Å². The Balaban J connectivity index is 2.34. The highest BCUT2D eigenvalue weighted by atomic mass is 32.1. The van der Waals surface area contributed by atoms with Crippen LogP contribution >= 0.6 is 12.2 Å². The summed E-state index contributed by atoms with van der Waals surface area (Å²) in [6.45, 7) is 1.85. The average Bonchev–Trinajstić information content (AvgIpc) is 2.94. The van der Waals surface area contributed by atoms with E-state index in [1.807, 2.05) is 44.3 Å². The third-order valence-corrected chi connectivity index (χ3v) is 3.48. The Morgan fingerprint density at radius 3 is 2.55 bits per heavy atom. The molecular weight excluding hydrogens is 276 g/mol. The van der Waals surface area contributed by atoms with Gasteiger partial charge >= 0.3 is 0 Å². The van der Waals surface area contributed by atoms with Gasteiger partial charge in [0, 0.05) is 7.05 Å². The van der Waals surface area contributed by atoms with E-state index in [-0.39, 0.29) is 10.3 Å². The Morgan fingerprint density at radius 1 is 1.25 bits per heavy atom. The maximum Gasteiger partial charge on any atom is 0.297 e. The molecule has 2 heterocycles. The molecule has 102 valence electrons. The van der Waals surface area contributed by atoms with Gasteiger partial charge < -0.3 is 0 Å². The van der Waals surface area contributed by atoms with Crippen LogP contribution in [0.25, 0.3) is 11.4 Å². The molecule has 7 nitrogen and oxygen atoms in total. The number of H-pyrrole nitrogens is 1. The summed E-state index contributed by atoms with van der Waals surface area (Å²) in [7, 11) is 1.82. The minimum atomic E-state index is -0.182. The second-order valence-corrected chi connectivity index (χ2v) is 4.69. The predicted octanol–water partition coefficient (Wildman–Crippen LogP) is 1.12. The van der Waals surface area contributed by atoms with Crippen LogP contribution < -0.4 is 5.56 Å². The lowest BCUT2D eigenvalue weighted by molar-refractivity contribution is 0.630. The van der Waals surface area contributed by atoms with Crippen LogP contribution in [0, 0.1) is 11.7 Å². The summed E-state index contributed by atoms with van der Waals surface area (Å²) in [5.41, 5.74) is 1.79. The number of benzene rings is 1. The van der Waals surface area contributed by atoms with Crippen molar-refractivity contribution in [1.82, 2.24) is 29.6 Å². The van der Waals surface area contributed by atoms with E-state index < -0.39 is 0 Å². The molecule has 0 saturated heterocycles. The molecule has 3 rings (SSSR count). The predicted molar refractivity (Wildman–Crippen MR) is 75.8 cm³/mol. The molecular formula is C12H12N6OS. The number of hydrogen-bond acceptors (Lipinski definition) is 4. The second kappa shape index (κ2) is 4.57. The number of aromatic amines is 1. The molecule has 0 unspecified atom stereocenters. The van der Waals surface area contributed by atoms with Gasteiger partial charge in [-0.15, -0.1) is 0 Å². The Morgan fingerprint density at radius 2 is 1.95 bits per heavy atom. The zero-order valence-corrected chi connectivity index (χ0v) is 11.8. The normalized spacial score (nSPS) is 10.9. The number of nitrogens with zero attached hydrogens (tertiary/aromatic N) is 5. The van der Waals surface area contributed by atoms with Gasteiger partial charge in [-0.25, -0.2) is 9.36 Å². The summed E-state index contributed by atoms with van der Waals surface area (Å²) in [4.78, 5) is 12.7. The van der Waals surface area contributed by atoms with Crippen LogP contribution in [0.2, 0.25) is 0 Å². The highest BCUT2D eigenvalue weighted by molar-refractivity contribution is 7.71. The van der Waals surface area contributed by atoms with Gasteiger partial charge in [0.2, 0.25) is 4.77 Å². The number of tetrazole rings is 1. The molecule has 0 amide bonds. The maximum atomic E-state index is 12.7. The van der Waals surface area contributed by atoms with Crippen molar-refractivity contribution in [2.75, 3.05) is 0 Å². The molecule has 0 fully saturated rings. The standard InChI is InChI=1S/C12H12N6OS/c1-8-10(17-12(20)13-14-15-17)11(19)18(16(8)2)9-6-4-3-5-7-9/h3-7H,1-2H3,(H,13,15,20). The van der Waals surface area contributed by atoms with Crippen LogP contribution in [0.5, 0.6) is 0 Å². The van der Waals surface area contributed by atoms with Gasteiger partial charge in [-0.2, -0.15) is 5.21 Å². The Labute approximate surface area is 119 Å². The van der Waals surface area contributed by atoms with E-state index in [0.717, 1.165) is 11.4 Å². The fraction of sp³-hybridized carbons (Fsp3) is 0.167. The Hall–Kier alpha value is -2.48. The number of nitrogens with one attached hydrogen (secondary N) is 1. The lowest BCUT2D eigenvalue weighted by Gasteiger charge is -2.07. The number of rotatable bonds is 2. The highest BCUT2D eigenvalue weighted by Gasteiger charge is 2.18. The zero-order chi connectivity index (χ0) is 14.3. The van der Waals surface area contributed by atoms with Gasteiger partial charge in [-0.05, 0) is 31.3 Å². The van der Waals surface area contributed by atoms with Crippen LogP contribution in [0.3, 0.4) is 0 Å². The molecule has 0 atom stereocenters. The van der Waals surface area contributed by atoms with Gasteiger partial charge in [0.1, 0.15) is 0 Å². The largest absolute Gasteiger partial charge is 0.297 e. The van der Waals surface area contributed by atoms with E-state index in [9.17, 15) is 4.79 Å². The highest BCUT2D eigenvalue weighted by Crippen LogP contribution is 2.12. The van der Waals surface area contributed by atoms with E-state index in [0.29, 0.717) is 5.69 Å². The lowest BCUT2D eigenvalue weighted by Crippen LogP contribution is -2.21. The van der Waals surface area contributed by atoms with Gasteiger partial charge in [0.05, 0.1) is 11.4 Å². The quantitative estimate of drug-likeness (QED) is 0.717. The minimum Gasteiger partial charge on any atom is -0.283 e. The molecule has 0 aliphatic carbocycles. The fourth-order valence-electron chi connectivity index (χ4n) is 2.15. The van der Waals surface area contributed by atoms with Crippen LogP contribution in [-0.2, 0) is 7.05 Å². The monoisotopic (exact) mass is 288 g/mol. The summed E-state index contributed by atoms with van der Waals surface area (Å²) < 4.78 is 4.98. The molecule has 2 aromatic heterocycles. The topological polar surface area (TPSA) is 73.4 Å². The third-order valence-electron chi connectivity index (χ3n) is 3.22. The van der Waals surface area contributed by atoms with Crippen LogP contribution in [0.1, 0.15) is 5.69 Å². The summed E-state index contributed by atoms with van der Waals surface area (Å²) >= 11 is 5.06. The average molecular weight is 288 g/mol. The van der Waals surface area contributed by atoms with Crippen LogP contribution in [0.4, 0.5) is 0 Å². The molecule has 8 heteroatoms. The molecule has 20 heavy (non-hydrogen) atoms. The molecule has 1 aromatic carbocycles. The smallest absolute Gasteiger partial charge is 0.283 e. The van der Waals surface area contributed by atoms with Gasteiger partial charge in [0.15, 0.2) is 5.69 Å². The third kappa shape index (κ3) is 1.73. The number of aromatic nitrogens is 6. The SMILES string of the molecule is Cc1c(-n2[nH]nnc2=S)c(=O)n(-c2ccccc2)n1C. The lowest BCUT2D eigenvalue weighted by atomic mass is 10.3. The molecule has 0 spiro atoms. The van der Waals surface area contributed by atoms with Crippen molar-refractivity contribution in [1.29, 1.82) is 0 Å². The first-order valence-corrected chi connectivity index (χ1v) is 6.36. The summed E-state index contributed by atoms with van der Waals surface area (Å²) in [6, 6.07) is 9.41. The summed E-state index contributed by atoms with van der Waals surface area (Å²) in [5, 5.41) is 9.94. The summed E-state index contributed by atoms with van der Waals surface area (Å²) in [5.74, 6) is 0. The van der Waals surface area contributed by atoms with Crippen molar-refractivity contribution >= 4 is 12.2 Å². The molecule has 0 bridgehead atoms. The maximum absolute atomic E-state index is 12.7. The van der Waals surface area contributed by atoms with Crippen molar-refractivity contribution in [3.8, 4) is 11.4 Å². The summed E-state index contributed by atoms with van der Waals surface area (Å²) in [6.07, 6.45) is 0. The van der Waals surface area contributed by atoms with Gasteiger partial charge in [0.25, 0.3) is 5.56 Å². The molecule has 0 saturated carbocycles. The molecule has 0 radical (unpaired) electrons. The van der Waals surface area contributed by atoms with E-state index in [2.05, 4.69) is 15.5 Å². The van der Waals surface area contributed by atoms with Crippen molar-refractivity contribution in [2.24, 2.45) is 7.05 Å². The molecule has 3 aromatic rings. The van der Waals surface area contributed by atoms with Crippen molar-refractivity contribution in [3.63, 3.8) is 0 Å². The first kappa shape index (κ1) is 12.5. The minimum absolute atomic E-state index is 0.182. The first-order valence-electron chi connectivity index (χ1n) is 5.95. The van der Waals surface area contributed by atoms with E-state index in [4.69, 9.17) is 12.2 Å². The van der Waals surface area contributed by atoms with Crippen LogP contribution in [-0.4, -0.2) is 29.6 Å². The number of hydrogen-bond donors (Lipinski definition) is 1. The van der Waals surface area contributed by atoms with E-state index in [1.165, 1.54) is 4.68 Å². The van der Waals surface area contributed by atoms with E-state index in [1.54, 1.807) is 9.36 Å². The Kier molecular flexibility index (Phi) is 2.87.